The maximum atomic E-state index is 10.8. The molecule has 0 aliphatic rings. The first kappa shape index (κ1) is 20.8. The van der Waals surface area contributed by atoms with E-state index in [1.54, 1.807) is 12.1 Å². The topological polar surface area (TPSA) is 64.4 Å². The Labute approximate surface area is 187 Å². The summed E-state index contributed by atoms with van der Waals surface area (Å²) in [5.74, 6) is 0.728. The summed E-state index contributed by atoms with van der Waals surface area (Å²) in [6.45, 7) is 0.888. The van der Waals surface area contributed by atoms with Crippen LogP contribution in [0.3, 0.4) is 0 Å². The van der Waals surface area contributed by atoms with Crippen LogP contribution in [-0.2, 0) is 13.2 Å². The van der Waals surface area contributed by atoms with Crippen molar-refractivity contribution in [1.82, 2.24) is 0 Å². The summed E-state index contributed by atoms with van der Waals surface area (Å²) < 4.78 is 8.82. The Balaban J connectivity index is 1.74. The van der Waals surface area contributed by atoms with Gasteiger partial charge in [-0.3, -0.25) is 10.1 Å². The number of non-ortho nitro benzene ring substituents is 1. The first-order valence-corrected chi connectivity index (χ1v) is 10.6. The molecule has 0 saturated heterocycles. The van der Waals surface area contributed by atoms with Crippen molar-refractivity contribution in [3.8, 4) is 5.75 Å². The van der Waals surface area contributed by atoms with Gasteiger partial charge in [0.05, 0.1) is 9.40 Å². The summed E-state index contributed by atoms with van der Waals surface area (Å²) >= 11 is 10.5. The van der Waals surface area contributed by atoms with Crippen LogP contribution in [0.2, 0.25) is 0 Å². The fraction of sp³-hybridized carbons (Fsp3) is 0.100. The lowest BCUT2D eigenvalue weighted by molar-refractivity contribution is -0.384. The molecule has 0 fully saturated rings. The molecular formula is C20H15Br3N2O3. The highest BCUT2D eigenvalue weighted by Crippen LogP contribution is 2.34. The lowest BCUT2D eigenvalue weighted by Crippen LogP contribution is -2.05. The van der Waals surface area contributed by atoms with E-state index in [2.05, 4.69) is 53.1 Å². The zero-order valence-electron chi connectivity index (χ0n) is 14.5. The first-order chi connectivity index (χ1) is 13.4. The van der Waals surface area contributed by atoms with E-state index in [9.17, 15) is 10.1 Å². The van der Waals surface area contributed by atoms with Crippen molar-refractivity contribution in [2.75, 3.05) is 5.32 Å². The Hall–Kier alpha value is -1.90. The molecule has 3 aromatic carbocycles. The molecular weight excluding hydrogens is 556 g/mol. The Morgan fingerprint density at radius 2 is 1.61 bits per heavy atom. The monoisotopic (exact) mass is 568 g/mol. The third-order valence-corrected chi connectivity index (χ3v) is 5.52. The van der Waals surface area contributed by atoms with Crippen molar-refractivity contribution in [3.05, 3.63) is 95.3 Å². The molecule has 0 unspecified atom stereocenters. The summed E-state index contributed by atoms with van der Waals surface area (Å²) in [5, 5.41) is 14.2. The first-order valence-electron chi connectivity index (χ1n) is 8.26. The predicted octanol–water partition coefficient (Wildman–Crippen LogP) is 7.07. The number of rotatable bonds is 7. The van der Waals surface area contributed by atoms with Crippen LogP contribution in [0.4, 0.5) is 11.4 Å². The van der Waals surface area contributed by atoms with Crippen molar-refractivity contribution in [3.63, 3.8) is 0 Å². The molecule has 0 amide bonds. The molecule has 144 valence electrons. The molecule has 3 rings (SSSR count). The maximum absolute atomic E-state index is 10.8. The van der Waals surface area contributed by atoms with Gasteiger partial charge in [0, 0.05) is 38.9 Å². The van der Waals surface area contributed by atoms with Crippen LogP contribution < -0.4 is 10.1 Å². The lowest BCUT2D eigenvalue weighted by Gasteiger charge is -2.15. The van der Waals surface area contributed by atoms with Crippen molar-refractivity contribution in [1.29, 1.82) is 0 Å². The molecule has 8 heteroatoms. The van der Waals surface area contributed by atoms with Gasteiger partial charge in [0.15, 0.2) is 0 Å². The SMILES string of the molecule is O=[N+]([O-])c1ccc(COc2c(Br)cc(Br)cc2CNc2ccc(Br)cc2)cc1. The minimum atomic E-state index is -0.415. The number of anilines is 1. The molecule has 0 radical (unpaired) electrons. The normalized spacial score (nSPS) is 10.5. The minimum Gasteiger partial charge on any atom is -0.487 e. The van der Waals surface area contributed by atoms with Crippen molar-refractivity contribution in [2.24, 2.45) is 0 Å². The highest BCUT2D eigenvalue weighted by Gasteiger charge is 2.12. The van der Waals surface area contributed by atoms with Gasteiger partial charge in [0.2, 0.25) is 0 Å². The van der Waals surface area contributed by atoms with Gasteiger partial charge in [-0.25, -0.2) is 0 Å². The Morgan fingerprint density at radius 3 is 2.25 bits per heavy atom. The molecule has 0 heterocycles. The number of nitro groups is 1. The molecule has 0 spiro atoms. The number of nitrogens with one attached hydrogen (secondary N) is 1. The van der Waals surface area contributed by atoms with Gasteiger partial charge in [-0.05, 0) is 70.0 Å². The summed E-state index contributed by atoms with van der Waals surface area (Å²) in [7, 11) is 0. The standard InChI is InChI=1S/C20H15Br3N2O3/c21-15-3-5-17(6-4-15)24-11-14-9-16(22)10-19(23)20(14)28-12-13-1-7-18(8-2-13)25(26)27/h1-10,24H,11-12H2. The van der Waals surface area contributed by atoms with E-state index in [1.807, 2.05) is 36.4 Å². The van der Waals surface area contributed by atoms with Gasteiger partial charge in [-0.15, -0.1) is 0 Å². The summed E-state index contributed by atoms with van der Waals surface area (Å²) in [5.41, 5.74) is 2.90. The number of halogens is 3. The Bertz CT molecular complexity index is 977. The fourth-order valence-electron chi connectivity index (χ4n) is 2.54. The van der Waals surface area contributed by atoms with E-state index in [0.717, 1.165) is 36.0 Å². The largest absolute Gasteiger partial charge is 0.487 e. The van der Waals surface area contributed by atoms with Crippen molar-refractivity contribution in [2.45, 2.75) is 13.2 Å². The zero-order valence-corrected chi connectivity index (χ0v) is 19.3. The molecule has 1 N–H and O–H groups in total. The van der Waals surface area contributed by atoms with Gasteiger partial charge >= 0.3 is 0 Å². The number of benzene rings is 3. The molecule has 28 heavy (non-hydrogen) atoms. The third-order valence-electron chi connectivity index (χ3n) is 3.94. The molecule has 3 aromatic rings. The van der Waals surface area contributed by atoms with Crippen LogP contribution in [-0.4, -0.2) is 4.92 Å². The zero-order chi connectivity index (χ0) is 20.1. The summed E-state index contributed by atoms with van der Waals surface area (Å²) in [6, 6.07) is 18.2. The number of hydrogen-bond acceptors (Lipinski definition) is 4. The fourth-order valence-corrected chi connectivity index (χ4v) is 4.23. The maximum Gasteiger partial charge on any atom is 0.269 e. The molecule has 0 aliphatic heterocycles. The van der Waals surface area contributed by atoms with Crippen LogP contribution >= 0.6 is 47.8 Å². The number of nitro benzene ring substituents is 1. The second kappa shape index (κ2) is 9.54. The van der Waals surface area contributed by atoms with E-state index in [0.29, 0.717) is 13.2 Å². The summed E-state index contributed by atoms with van der Waals surface area (Å²) in [6.07, 6.45) is 0. The second-order valence-electron chi connectivity index (χ2n) is 5.95. The number of nitrogens with zero attached hydrogens (tertiary/aromatic N) is 1. The average molecular weight is 571 g/mol. The number of hydrogen-bond donors (Lipinski definition) is 1. The van der Waals surface area contributed by atoms with Gasteiger partial charge in [0.25, 0.3) is 5.69 Å². The quantitative estimate of drug-likeness (QED) is 0.244. The van der Waals surface area contributed by atoms with Crippen molar-refractivity contribution < 1.29 is 9.66 Å². The van der Waals surface area contributed by atoms with Crippen LogP contribution in [0.25, 0.3) is 0 Å². The van der Waals surface area contributed by atoms with E-state index in [-0.39, 0.29) is 5.69 Å². The van der Waals surface area contributed by atoms with Gasteiger partial charge in [-0.2, -0.15) is 0 Å². The van der Waals surface area contributed by atoms with E-state index >= 15 is 0 Å². The highest BCUT2D eigenvalue weighted by atomic mass is 79.9. The van der Waals surface area contributed by atoms with Crippen LogP contribution in [0.1, 0.15) is 11.1 Å². The molecule has 0 aromatic heterocycles. The number of ether oxygens (including phenoxy) is 1. The molecule has 0 atom stereocenters. The van der Waals surface area contributed by atoms with Gasteiger partial charge in [-0.1, -0.05) is 31.9 Å². The van der Waals surface area contributed by atoms with Crippen LogP contribution in [0.15, 0.2) is 74.1 Å². The van der Waals surface area contributed by atoms with Crippen molar-refractivity contribution >= 4 is 59.2 Å². The minimum absolute atomic E-state index is 0.0629. The third kappa shape index (κ3) is 5.56. The van der Waals surface area contributed by atoms with Gasteiger partial charge < -0.3 is 10.1 Å². The van der Waals surface area contributed by atoms with Gasteiger partial charge in [0.1, 0.15) is 12.4 Å². The Kier molecular flexibility index (Phi) is 7.09. The molecule has 0 aliphatic carbocycles. The van der Waals surface area contributed by atoms with Crippen LogP contribution in [0.5, 0.6) is 5.75 Å². The van der Waals surface area contributed by atoms with Crippen LogP contribution in [0, 0.1) is 10.1 Å². The van der Waals surface area contributed by atoms with E-state index < -0.39 is 4.92 Å². The average Bonchev–Trinajstić information content (AvgIpc) is 2.67. The highest BCUT2D eigenvalue weighted by molar-refractivity contribution is 9.11. The Morgan fingerprint density at radius 1 is 0.929 bits per heavy atom. The molecule has 0 bridgehead atoms. The predicted molar refractivity (Wildman–Crippen MR) is 121 cm³/mol. The van der Waals surface area contributed by atoms with E-state index in [4.69, 9.17) is 4.74 Å². The summed E-state index contributed by atoms with van der Waals surface area (Å²) in [4.78, 5) is 10.4. The second-order valence-corrected chi connectivity index (χ2v) is 8.63. The molecule has 0 saturated carbocycles. The lowest BCUT2D eigenvalue weighted by atomic mass is 10.2. The van der Waals surface area contributed by atoms with E-state index in [1.165, 1.54) is 12.1 Å². The molecule has 5 nitrogen and oxygen atoms in total. The smallest absolute Gasteiger partial charge is 0.269 e.